The zero-order valence-electron chi connectivity index (χ0n) is 16.2. The van der Waals surface area contributed by atoms with Gasteiger partial charge in [-0.1, -0.05) is 43.0 Å². The van der Waals surface area contributed by atoms with Crippen molar-refractivity contribution < 1.29 is 9.47 Å². The number of aromatic nitrogens is 2. The molecule has 1 heterocycles. The number of hydrogen-bond acceptors (Lipinski definition) is 3. The maximum Gasteiger partial charge on any atom is 0.130 e. The van der Waals surface area contributed by atoms with Crippen molar-refractivity contribution in [1.29, 1.82) is 0 Å². The molecule has 0 aliphatic rings. The molecule has 27 heavy (non-hydrogen) atoms. The molecule has 0 saturated heterocycles. The van der Waals surface area contributed by atoms with E-state index in [9.17, 15) is 0 Å². The van der Waals surface area contributed by atoms with E-state index < -0.39 is 0 Å². The molecule has 0 spiro atoms. The third-order valence-electron chi connectivity index (χ3n) is 4.62. The molecule has 4 nitrogen and oxygen atoms in total. The van der Waals surface area contributed by atoms with Crippen molar-refractivity contribution in [1.82, 2.24) is 9.78 Å². The number of rotatable bonds is 6. The van der Waals surface area contributed by atoms with E-state index in [-0.39, 0.29) is 0 Å². The van der Waals surface area contributed by atoms with Gasteiger partial charge in [0.05, 0.1) is 26.0 Å². The Hall–Kier alpha value is -3.27. The van der Waals surface area contributed by atoms with E-state index in [1.807, 2.05) is 36.3 Å². The van der Waals surface area contributed by atoms with Crippen molar-refractivity contribution in [2.24, 2.45) is 7.05 Å². The Morgan fingerprint density at radius 2 is 1.78 bits per heavy atom. The van der Waals surface area contributed by atoms with Crippen LogP contribution in [0.1, 0.15) is 22.3 Å². The lowest BCUT2D eigenvalue weighted by molar-refractivity contribution is 0.392. The first-order valence-electron chi connectivity index (χ1n) is 8.72. The van der Waals surface area contributed by atoms with Gasteiger partial charge >= 0.3 is 0 Å². The minimum absolute atomic E-state index is 0.741. The molecular formula is C23H24N2O2. The van der Waals surface area contributed by atoms with Crippen LogP contribution in [0.3, 0.4) is 0 Å². The first-order chi connectivity index (χ1) is 13.1. The lowest BCUT2D eigenvalue weighted by Crippen LogP contribution is -1.93. The molecule has 0 amide bonds. The highest BCUT2D eigenvalue weighted by Crippen LogP contribution is 2.32. The molecule has 0 saturated carbocycles. The van der Waals surface area contributed by atoms with Gasteiger partial charge in [0.2, 0.25) is 0 Å². The highest BCUT2D eigenvalue weighted by atomic mass is 16.5. The fourth-order valence-electron chi connectivity index (χ4n) is 3.15. The zero-order valence-corrected chi connectivity index (χ0v) is 16.2. The predicted molar refractivity (Wildman–Crippen MR) is 112 cm³/mol. The Bertz CT molecular complexity index is 974. The summed E-state index contributed by atoms with van der Waals surface area (Å²) in [6.45, 7) is 5.97. The van der Waals surface area contributed by atoms with Crippen LogP contribution in [-0.2, 0) is 7.05 Å². The second-order valence-electron chi connectivity index (χ2n) is 6.30. The lowest BCUT2D eigenvalue weighted by atomic mass is 9.97. The summed E-state index contributed by atoms with van der Waals surface area (Å²) in [4.78, 5) is 0. The van der Waals surface area contributed by atoms with Gasteiger partial charge in [0.25, 0.3) is 0 Å². The molecule has 3 aromatic rings. The number of hydrogen-bond donors (Lipinski definition) is 0. The van der Waals surface area contributed by atoms with Gasteiger partial charge in [-0.25, -0.2) is 0 Å². The molecular weight excluding hydrogens is 336 g/mol. The van der Waals surface area contributed by atoms with Crippen molar-refractivity contribution in [3.05, 3.63) is 71.6 Å². The Balaban J connectivity index is 1.98. The van der Waals surface area contributed by atoms with Gasteiger partial charge in [0.1, 0.15) is 11.5 Å². The third-order valence-corrected chi connectivity index (χ3v) is 4.62. The smallest absolute Gasteiger partial charge is 0.130 e. The van der Waals surface area contributed by atoms with E-state index in [1.165, 1.54) is 11.1 Å². The molecule has 138 valence electrons. The highest BCUT2D eigenvalue weighted by Gasteiger charge is 2.09. The molecule has 0 fully saturated rings. The summed E-state index contributed by atoms with van der Waals surface area (Å²) < 4.78 is 12.8. The summed E-state index contributed by atoms with van der Waals surface area (Å²) in [6, 6.07) is 10.3. The van der Waals surface area contributed by atoms with Crippen LogP contribution in [0, 0.1) is 6.92 Å². The van der Waals surface area contributed by atoms with Crippen molar-refractivity contribution in [3.8, 4) is 22.6 Å². The minimum Gasteiger partial charge on any atom is -0.496 e. The molecule has 2 aromatic carbocycles. The largest absolute Gasteiger partial charge is 0.496 e. The third kappa shape index (κ3) is 3.80. The standard InChI is InChI=1S/C23H24N2O2/c1-6-20-22(26-4)12-17(13-23(20)27-5)10-11-18-8-7-9-21(16(18)2)19-14-24-25(3)15-19/h6-15H,1H2,2-5H3/b11-10+. The van der Waals surface area contributed by atoms with Crippen LogP contribution in [0.15, 0.2) is 49.3 Å². The van der Waals surface area contributed by atoms with Crippen LogP contribution in [0.5, 0.6) is 11.5 Å². The van der Waals surface area contributed by atoms with Crippen molar-refractivity contribution in [2.45, 2.75) is 6.92 Å². The average Bonchev–Trinajstić information content (AvgIpc) is 3.12. The van der Waals surface area contributed by atoms with Gasteiger partial charge in [-0.05, 0) is 41.3 Å². The SMILES string of the molecule is C=Cc1c(OC)cc(/C=C/c2cccc(-c3cnn(C)c3)c2C)cc1OC. The summed E-state index contributed by atoms with van der Waals surface area (Å²) >= 11 is 0. The van der Waals surface area contributed by atoms with Crippen molar-refractivity contribution in [2.75, 3.05) is 14.2 Å². The van der Waals surface area contributed by atoms with Crippen molar-refractivity contribution in [3.63, 3.8) is 0 Å². The Labute approximate surface area is 160 Å². The molecule has 0 N–H and O–H groups in total. The van der Waals surface area contributed by atoms with Gasteiger partial charge in [-0.3, -0.25) is 4.68 Å². The summed E-state index contributed by atoms with van der Waals surface area (Å²) in [6.07, 6.45) is 9.83. The second-order valence-corrected chi connectivity index (χ2v) is 6.30. The number of benzene rings is 2. The van der Waals surface area contributed by atoms with Crippen LogP contribution in [0.4, 0.5) is 0 Å². The van der Waals surface area contributed by atoms with Crippen LogP contribution < -0.4 is 9.47 Å². The first-order valence-corrected chi connectivity index (χ1v) is 8.72. The first kappa shape index (κ1) is 18.5. The molecule has 0 aliphatic carbocycles. The molecule has 3 rings (SSSR count). The summed E-state index contributed by atoms with van der Waals surface area (Å²) in [5.74, 6) is 1.48. The van der Waals surface area contributed by atoms with Gasteiger partial charge in [0.15, 0.2) is 0 Å². The Kier molecular flexibility index (Phi) is 5.46. The van der Waals surface area contributed by atoms with E-state index in [0.29, 0.717) is 0 Å². The van der Waals surface area contributed by atoms with Gasteiger partial charge in [-0.15, -0.1) is 0 Å². The van der Waals surface area contributed by atoms with Gasteiger partial charge in [-0.2, -0.15) is 5.10 Å². The summed E-state index contributed by atoms with van der Waals surface area (Å²) in [7, 11) is 5.23. The normalized spacial score (nSPS) is 11.0. The van der Waals surface area contributed by atoms with Gasteiger partial charge in [0, 0.05) is 18.8 Å². The number of ether oxygens (including phenoxy) is 2. The number of aryl methyl sites for hydroxylation is 1. The molecule has 0 radical (unpaired) electrons. The Morgan fingerprint density at radius 1 is 1.07 bits per heavy atom. The lowest BCUT2D eigenvalue weighted by Gasteiger charge is -2.12. The van der Waals surface area contributed by atoms with E-state index in [1.54, 1.807) is 20.3 Å². The summed E-state index contributed by atoms with van der Waals surface area (Å²) in [5, 5.41) is 4.27. The average molecular weight is 360 g/mol. The molecule has 0 aliphatic heterocycles. The summed E-state index contributed by atoms with van der Waals surface area (Å²) in [5.41, 5.74) is 6.52. The van der Waals surface area contributed by atoms with E-state index in [4.69, 9.17) is 9.47 Å². The fourth-order valence-corrected chi connectivity index (χ4v) is 3.15. The van der Waals surface area contributed by atoms with E-state index in [2.05, 4.69) is 49.0 Å². The number of methoxy groups -OCH3 is 2. The van der Waals surface area contributed by atoms with Crippen LogP contribution >= 0.6 is 0 Å². The topological polar surface area (TPSA) is 36.3 Å². The monoisotopic (exact) mass is 360 g/mol. The molecule has 0 bridgehead atoms. The Morgan fingerprint density at radius 3 is 2.33 bits per heavy atom. The van der Waals surface area contributed by atoms with Crippen LogP contribution in [0.2, 0.25) is 0 Å². The predicted octanol–water partition coefficient (Wildman–Crippen LogP) is 5.23. The fraction of sp³-hybridized carbons (Fsp3) is 0.174. The van der Waals surface area contributed by atoms with Crippen molar-refractivity contribution >= 4 is 18.2 Å². The maximum atomic E-state index is 5.48. The van der Waals surface area contributed by atoms with Crippen LogP contribution in [0.25, 0.3) is 29.4 Å². The van der Waals surface area contributed by atoms with E-state index in [0.717, 1.165) is 33.8 Å². The molecule has 0 unspecified atom stereocenters. The molecule has 4 heteroatoms. The van der Waals surface area contributed by atoms with E-state index >= 15 is 0 Å². The van der Waals surface area contributed by atoms with Crippen LogP contribution in [-0.4, -0.2) is 24.0 Å². The number of nitrogens with zero attached hydrogens (tertiary/aromatic N) is 2. The quantitative estimate of drug-likeness (QED) is 0.565. The highest BCUT2D eigenvalue weighted by molar-refractivity contribution is 5.78. The maximum absolute atomic E-state index is 5.48. The molecule has 1 aromatic heterocycles. The molecule has 0 atom stereocenters. The second kappa shape index (κ2) is 7.96. The van der Waals surface area contributed by atoms with Gasteiger partial charge < -0.3 is 9.47 Å². The minimum atomic E-state index is 0.741. The zero-order chi connectivity index (χ0) is 19.4.